The first-order chi connectivity index (χ1) is 11.4. The predicted molar refractivity (Wildman–Crippen MR) is 90.4 cm³/mol. The van der Waals surface area contributed by atoms with Crippen molar-refractivity contribution >= 4 is 21.6 Å². The Morgan fingerprint density at radius 2 is 1.75 bits per heavy atom. The SMILES string of the molecule is CN(Cc1ccccc1)S(=O)(=O)c1ccc(NC(=O)CC#N)cc1. The normalized spacial score (nSPS) is 11.0. The number of rotatable bonds is 6. The Labute approximate surface area is 141 Å². The molecule has 0 aliphatic carbocycles. The van der Waals surface area contributed by atoms with Crippen molar-refractivity contribution in [3.63, 3.8) is 0 Å². The van der Waals surface area contributed by atoms with Crippen LogP contribution in [-0.2, 0) is 21.4 Å². The number of nitrogens with zero attached hydrogens (tertiary/aromatic N) is 2. The fourth-order valence-corrected chi connectivity index (χ4v) is 3.25. The number of anilines is 1. The van der Waals surface area contributed by atoms with Crippen LogP contribution in [0.2, 0.25) is 0 Å². The molecule has 0 aliphatic rings. The van der Waals surface area contributed by atoms with Crippen molar-refractivity contribution in [3.05, 3.63) is 60.2 Å². The van der Waals surface area contributed by atoms with Gasteiger partial charge in [0.05, 0.1) is 11.0 Å². The number of hydrogen-bond donors (Lipinski definition) is 1. The molecule has 0 fully saturated rings. The molecule has 0 radical (unpaired) electrons. The molecular formula is C17H17N3O3S. The van der Waals surface area contributed by atoms with Crippen molar-refractivity contribution in [1.82, 2.24) is 4.31 Å². The smallest absolute Gasteiger partial charge is 0.243 e. The topological polar surface area (TPSA) is 90.3 Å². The lowest BCUT2D eigenvalue weighted by Gasteiger charge is -2.17. The Bertz CT molecular complexity index is 841. The summed E-state index contributed by atoms with van der Waals surface area (Å²) in [5.41, 5.74) is 1.34. The molecular weight excluding hydrogens is 326 g/mol. The maximum absolute atomic E-state index is 12.6. The Hall–Kier alpha value is -2.69. The van der Waals surface area contributed by atoms with Crippen LogP contribution in [0, 0.1) is 11.3 Å². The first-order valence-corrected chi connectivity index (χ1v) is 8.64. The van der Waals surface area contributed by atoms with Crippen LogP contribution in [0.15, 0.2) is 59.5 Å². The average Bonchev–Trinajstić information content (AvgIpc) is 2.56. The molecule has 0 unspecified atom stereocenters. The van der Waals surface area contributed by atoms with Gasteiger partial charge in [-0.3, -0.25) is 4.79 Å². The van der Waals surface area contributed by atoms with Crippen LogP contribution in [0.4, 0.5) is 5.69 Å². The molecule has 0 saturated heterocycles. The standard InChI is InChI=1S/C17H17N3O3S/c1-20(13-14-5-3-2-4-6-14)24(22,23)16-9-7-15(8-10-16)19-17(21)11-12-18/h2-10H,11,13H2,1H3,(H,19,21). The molecule has 2 aromatic rings. The summed E-state index contributed by atoms with van der Waals surface area (Å²) in [5.74, 6) is -0.436. The third kappa shape index (κ3) is 4.41. The highest BCUT2D eigenvalue weighted by atomic mass is 32.2. The van der Waals surface area contributed by atoms with Gasteiger partial charge in [0.25, 0.3) is 0 Å². The third-order valence-electron chi connectivity index (χ3n) is 3.33. The van der Waals surface area contributed by atoms with Gasteiger partial charge in [-0.1, -0.05) is 30.3 Å². The van der Waals surface area contributed by atoms with Gasteiger partial charge >= 0.3 is 0 Å². The van der Waals surface area contributed by atoms with E-state index in [1.807, 2.05) is 30.3 Å². The van der Waals surface area contributed by atoms with Crippen LogP contribution in [0.1, 0.15) is 12.0 Å². The van der Waals surface area contributed by atoms with Crippen molar-refractivity contribution in [2.45, 2.75) is 17.9 Å². The van der Waals surface area contributed by atoms with Crippen LogP contribution < -0.4 is 5.32 Å². The fraction of sp³-hybridized carbons (Fsp3) is 0.176. The van der Waals surface area contributed by atoms with Gasteiger partial charge in [-0.25, -0.2) is 8.42 Å². The van der Waals surface area contributed by atoms with E-state index in [-0.39, 0.29) is 17.9 Å². The molecule has 0 bridgehead atoms. The molecule has 1 amide bonds. The van der Waals surface area contributed by atoms with E-state index in [4.69, 9.17) is 5.26 Å². The molecule has 2 rings (SSSR count). The lowest BCUT2D eigenvalue weighted by molar-refractivity contribution is -0.115. The second-order valence-corrected chi connectivity index (χ2v) is 7.20. The highest BCUT2D eigenvalue weighted by Crippen LogP contribution is 2.19. The molecule has 0 heterocycles. The van der Waals surface area contributed by atoms with Crippen molar-refractivity contribution in [2.75, 3.05) is 12.4 Å². The van der Waals surface area contributed by atoms with E-state index in [0.717, 1.165) is 5.56 Å². The third-order valence-corrected chi connectivity index (χ3v) is 5.15. The summed E-state index contributed by atoms with van der Waals surface area (Å²) >= 11 is 0. The number of nitriles is 1. The predicted octanol–water partition coefficient (Wildman–Crippen LogP) is 2.36. The summed E-state index contributed by atoms with van der Waals surface area (Å²) < 4.78 is 26.4. The van der Waals surface area contributed by atoms with Gasteiger partial charge in [-0.05, 0) is 29.8 Å². The van der Waals surface area contributed by atoms with Crippen LogP contribution in [0.25, 0.3) is 0 Å². The number of carbonyl (C=O) groups is 1. The van der Waals surface area contributed by atoms with E-state index in [9.17, 15) is 13.2 Å². The zero-order chi connectivity index (χ0) is 17.6. The summed E-state index contributed by atoms with van der Waals surface area (Å²) in [4.78, 5) is 11.5. The average molecular weight is 343 g/mol. The molecule has 0 aromatic heterocycles. The summed E-state index contributed by atoms with van der Waals surface area (Å²) in [5, 5.41) is 11.0. The zero-order valence-corrected chi connectivity index (χ0v) is 14.0. The number of carbonyl (C=O) groups excluding carboxylic acids is 1. The number of sulfonamides is 1. The maximum Gasteiger partial charge on any atom is 0.243 e. The van der Waals surface area contributed by atoms with E-state index in [1.54, 1.807) is 6.07 Å². The monoisotopic (exact) mass is 343 g/mol. The van der Waals surface area contributed by atoms with Gasteiger partial charge in [-0.15, -0.1) is 0 Å². The minimum absolute atomic E-state index is 0.138. The Kier molecular flexibility index (Phi) is 5.68. The number of amides is 1. The first-order valence-electron chi connectivity index (χ1n) is 7.20. The van der Waals surface area contributed by atoms with E-state index in [1.165, 1.54) is 35.6 Å². The minimum Gasteiger partial charge on any atom is -0.325 e. The van der Waals surface area contributed by atoms with E-state index < -0.39 is 15.9 Å². The molecule has 24 heavy (non-hydrogen) atoms. The molecule has 0 aliphatic heterocycles. The van der Waals surface area contributed by atoms with E-state index in [2.05, 4.69) is 5.32 Å². The highest BCUT2D eigenvalue weighted by molar-refractivity contribution is 7.89. The Balaban J connectivity index is 2.11. The van der Waals surface area contributed by atoms with E-state index >= 15 is 0 Å². The van der Waals surface area contributed by atoms with Crippen LogP contribution in [0.5, 0.6) is 0 Å². The molecule has 2 aromatic carbocycles. The quantitative estimate of drug-likeness (QED) is 0.872. The summed E-state index contributed by atoms with van der Waals surface area (Å²) in [6.07, 6.45) is -0.250. The summed E-state index contributed by atoms with van der Waals surface area (Å²) in [6.45, 7) is 0.268. The molecule has 0 atom stereocenters. The number of benzene rings is 2. The van der Waals surface area contributed by atoms with Gasteiger partial charge in [0.15, 0.2) is 0 Å². The van der Waals surface area contributed by atoms with Gasteiger partial charge in [0, 0.05) is 19.3 Å². The summed E-state index contributed by atoms with van der Waals surface area (Å²) in [7, 11) is -2.11. The van der Waals surface area contributed by atoms with Crippen LogP contribution in [-0.4, -0.2) is 25.7 Å². The van der Waals surface area contributed by atoms with Gasteiger partial charge in [-0.2, -0.15) is 9.57 Å². The van der Waals surface area contributed by atoms with Gasteiger partial charge in [0.2, 0.25) is 15.9 Å². The largest absolute Gasteiger partial charge is 0.325 e. The molecule has 6 nitrogen and oxygen atoms in total. The maximum atomic E-state index is 12.6. The van der Waals surface area contributed by atoms with Crippen LogP contribution in [0.3, 0.4) is 0 Å². The highest BCUT2D eigenvalue weighted by Gasteiger charge is 2.20. The Morgan fingerprint density at radius 1 is 1.12 bits per heavy atom. The second kappa shape index (κ2) is 7.73. The molecule has 0 saturated carbocycles. The first kappa shape index (κ1) is 17.7. The second-order valence-electron chi connectivity index (χ2n) is 5.15. The fourth-order valence-electron chi connectivity index (χ4n) is 2.09. The van der Waals surface area contributed by atoms with Crippen molar-refractivity contribution in [3.8, 4) is 6.07 Å². The number of nitrogens with one attached hydrogen (secondary N) is 1. The lowest BCUT2D eigenvalue weighted by atomic mass is 10.2. The number of hydrogen-bond acceptors (Lipinski definition) is 4. The van der Waals surface area contributed by atoms with E-state index in [0.29, 0.717) is 5.69 Å². The van der Waals surface area contributed by atoms with Crippen molar-refractivity contribution < 1.29 is 13.2 Å². The zero-order valence-electron chi connectivity index (χ0n) is 13.1. The van der Waals surface area contributed by atoms with Gasteiger partial charge < -0.3 is 5.32 Å². The molecule has 1 N–H and O–H groups in total. The van der Waals surface area contributed by atoms with Crippen molar-refractivity contribution in [1.29, 1.82) is 5.26 Å². The van der Waals surface area contributed by atoms with Crippen LogP contribution >= 0.6 is 0 Å². The molecule has 0 spiro atoms. The lowest BCUT2D eigenvalue weighted by Crippen LogP contribution is -2.26. The Morgan fingerprint density at radius 3 is 2.33 bits per heavy atom. The molecule has 7 heteroatoms. The van der Waals surface area contributed by atoms with Crippen molar-refractivity contribution in [2.24, 2.45) is 0 Å². The van der Waals surface area contributed by atoms with Gasteiger partial charge in [0.1, 0.15) is 6.42 Å². The summed E-state index contributed by atoms with van der Waals surface area (Å²) in [6, 6.07) is 16.9. The minimum atomic E-state index is -3.62. The molecule has 124 valence electrons.